The van der Waals surface area contributed by atoms with Crippen molar-refractivity contribution >= 4 is 5.97 Å². The number of hydrogen-bond donors (Lipinski definition) is 2. The first-order valence-corrected chi connectivity index (χ1v) is 11.6. The molecule has 0 aromatic rings. The van der Waals surface area contributed by atoms with Crippen molar-refractivity contribution in [3.8, 4) is 0 Å². The first-order valence-electron chi connectivity index (χ1n) is 9.62. The average Bonchev–Trinajstić information content (AvgIpc) is 2.49. The van der Waals surface area contributed by atoms with Gasteiger partial charge in [-0.05, 0) is 6.42 Å². The molecule has 8 heteroatoms. The van der Waals surface area contributed by atoms with E-state index in [1.807, 2.05) is 0 Å². The van der Waals surface area contributed by atoms with Crippen LogP contribution in [0.1, 0.15) is 111 Å². The summed E-state index contributed by atoms with van der Waals surface area (Å²) in [5, 5.41) is 8.52. The molecule has 0 heterocycles. The molecule has 0 saturated carbocycles. The Hall–Kier alpha value is 0.986. The molecule has 0 bridgehead atoms. The maximum atomic E-state index is 10.3. The van der Waals surface area contributed by atoms with Crippen molar-refractivity contribution in [1.82, 2.24) is 0 Å². The van der Waals surface area contributed by atoms with Crippen molar-refractivity contribution in [2.75, 3.05) is 0 Å². The number of hydrogen-bond acceptors (Lipinski definition) is 4. The van der Waals surface area contributed by atoms with Crippen molar-refractivity contribution in [1.29, 1.82) is 0 Å². The van der Waals surface area contributed by atoms with Gasteiger partial charge in [0.25, 0.3) is 0 Å². The van der Waals surface area contributed by atoms with Crippen LogP contribution >= 0.6 is 0 Å². The molecule has 0 aromatic carbocycles. The Morgan fingerprint density at radius 3 is 1.15 bits per heavy atom. The minimum absolute atomic E-state index is 0. The molecule has 0 saturated heterocycles. The van der Waals surface area contributed by atoms with E-state index in [2.05, 4.69) is 6.92 Å². The van der Waals surface area contributed by atoms with Crippen molar-refractivity contribution in [2.45, 2.75) is 110 Å². The Labute approximate surface area is 205 Å². The SMILES string of the molecule is CCCCCCCCCCCCCCCCCC(=O)O.[H-].[K+].[O]=[Mn](=[O])(=[O])[OH]. The topological polar surface area (TPSA) is 109 Å². The van der Waals surface area contributed by atoms with E-state index in [0.29, 0.717) is 6.42 Å². The van der Waals surface area contributed by atoms with Gasteiger partial charge in [0.2, 0.25) is 0 Å². The molecule has 0 amide bonds. The molecule has 2 N–H and O–H groups in total. The molecule has 0 rings (SSSR count). The van der Waals surface area contributed by atoms with Gasteiger partial charge in [-0.25, -0.2) is 0 Å². The Morgan fingerprint density at radius 1 is 0.692 bits per heavy atom. The van der Waals surface area contributed by atoms with Crippen molar-refractivity contribution in [2.24, 2.45) is 0 Å². The number of rotatable bonds is 16. The van der Waals surface area contributed by atoms with E-state index in [1.54, 1.807) is 0 Å². The number of aliphatic carboxylic acids is 1. The Balaban J connectivity index is -0.000000333. The van der Waals surface area contributed by atoms with Crippen LogP contribution < -0.4 is 51.4 Å². The van der Waals surface area contributed by atoms with Crippen LogP contribution in [0, 0.1) is 0 Å². The summed E-state index contributed by atoms with van der Waals surface area (Å²) in [4.78, 5) is 10.3. The third kappa shape index (κ3) is 44.4. The second kappa shape index (κ2) is 24.0. The minimum atomic E-state index is -5.38. The average molecular weight is 445 g/mol. The van der Waals surface area contributed by atoms with Gasteiger partial charge >= 0.3 is 86.0 Å². The summed E-state index contributed by atoms with van der Waals surface area (Å²) in [5.74, 6) is -0.653. The summed E-state index contributed by atoms with van der Waals surface area (Å²) < 4.78 is 33.1. The molecule has 0 spiro atoms. The summed E-state index contributed by atoms with van der Waals surface area (Å²) in [5.41, 5.74) is 0. The third-order valence-electron chi connectivity index (χ3n) is 3.99. The summed E-state index contributed by atoms with van der Waals surface area (Å²) in [6, 6.07) is 0. The summed E-state index contributed by atoms with van der Waals surface area (Å²) in [6.07, 6.45) is 20.2. The monoisotopic (exact) mass is 444 g/mol. The van der Waals surface area contributed by atoms with Crippen LogP contribution in [0.25, 0.3) is 0 Å². The standard InChI is InChI=1S/C18H36O2.K.Mn.H2O.3O.H/c1-2-3-4-5-6-7-8-9-10-11-12-13-14-15-16-17-18(19)20;;;;;;;/h2-17H2,1H3,(H,19,20);;;1H2;;;;/q;2*+1;;;;;-1/p-1. The van der Waals surface area contributed by atoms with E-state index < -0.39 is 18.9 Å². The van der Waals surface area contributed by atoms with E-state index in [9.17, 15) is 4.79 Å². The summed E-state index contributed by atoms with van der Waals surface area (Å²) in [6.45, 7) is 2.27. The predicted molar refractivity (Wildman–Crippen MR) is 92.6 cm³/mol. The van der Waals surface area contributed by atoms with Gasteiger partial charge in [-0.2, -0.15) is 0 Å². The molecule has 6 nitrogen and oxygen atoms in total. The maximum absolute atomic E-state index is 10.3. The molecule has 0 fully saturated rings. The van der Waals surface area contributed by atoms with Crippen LogP contribution in [0.5, 0.6) is 0 Å². The fourth-order valence-corrected chi connectivity index (χ4v) is 2.65. The quantitative estimate of drug-likeness (QED) is 0.280. The van der Waals surface area contributed by atoms with Gasteiger partial charge in [0.1, 0.15) is 0 Å². The van der Waals surface area contributed by atoms with Gasteiger partial charge in [0, 0.05) is 6.42 Å². The Kier molecular flexibility index (Phi) is 29.3. The van der Waals surface area contributed by atoms with Crippen LogP contribution in [0.15, 0.2) is 0 Å². The first-order chi connectivity index (χ1) is 11.8. The fraction of sp³-hybridized carbons (Fsp3) is 0.944. The molecule has 0 aliphatic heterocycles. The van der Waals surface area contributed by atoms with Crippen LogP contribution in [0.3, 0.4) is 0 Å². The van der Waals surface area contributed by atoms with Crippen LogP contribution in [-0.4, -0.2) is 15.3 Å². The first kappa shape index (κ1) is 31.7. The van der Waals surface area contributed by atoms with Crippen LogP contribution in [-0.2, 0) is 29.3 Å². The number of carboxylic acids is 1. The second-order valence-corrected chi connectivity index (χ2v) is 7.73. The van der Waals surface area contributed by atoms with E-state index in [4.69, 9.17) is 20.8 Å². The zero-order valence-corrected chi connectivity index (χ0v) is 21.0. The Morgan fingerprint density at radius 2 is 0.923 bits per heavy atom. The van der Waals surface area contributed by atoms with Gasteiger partial charge in [0.05, 0.1) is 0 Å². The van der Waals surface area contributed by atoms with Crippen LogP contribution in [0.4, 0.5) is 0 Å². The zero-order chi connectivity index (χ0) is 19.4. The number of unbranched alkanes of at least 4 members (excludes halogenated alkanes) is 14. The summed E-state index contributed by atoms with van der Waals surface area (Å²) in [7, 11) is 0. The third-order valence-corrected chi connectivity index (χ3v) is 3.99. The molecule has 0 atom stereocenters. The predicted octanol–water partition coefficient (Wildman–Crippen LogP) is 2.53. The fourth-order valence-electron chi connectivity index (χ4n) is 2.65. The number of carboxylic acid groups (broad SMARTS) is 1. The van der Waals surface area contributed by atoms with E-state index in [-0.39, 0.29) is 52.8 Å². The Bertz CT molecular complexity index is 437. The molecular weight excluding hydrogens is 406 g/mol. The van der Waals surface area contributed by atoms with Crippen LogP contribution in [0.2, 0.25) is 0 Å². The molecule has 26 heavy (non-hydrogen) atoms. The second-order valence-electron chi connectivity index (χ2n) is 6.49. The normalized spacial score (nSPS) is 10.5. The van der Waals surface area contributed by atoms with Gasteiger partial charge in [-0.3, -0.25) is 4.79 Å². The molecule has 0 radical (unpaired) electrons. The molecule has 154 valence electrons. The van der Waals surface area contributed by atoms with Crippen molar-refractivity contribution in [3.05, 3.63) is 0 Å². The van der Waals surface area contributed by atoms with E-state index in [1.165, 1.54) is 83.5 Å². The molecule has 0 aromatic heterocycles. The molecule has 0 aliphatic rings. The van der Waals surface area contributed by atoms with Crippen molar-refractivity contribution in [3.63, 3.8) is 0 Å². The van der Waals surface area contributed by atoms with E-state index >= 15 is 0 Å². The number of carbonyl (C=O) groups is 1. The zero-order valence-electron chi connectivity index (χ0n) is 17.7. The van der Waals surface area contributed by atoms with Gasteiger partial charge < -0.3 is 6.53 Å². The molecular formula is C18H38KMnO6. The van der Waals surface area contributed by atoms with Crippen molar-refractivity contribution < 1.29 is 91.4 Å². The van der Waals surface area contributed by atoms with E-state index in [0.717, 1.165) is 12.8 Å². The van der Waals surface area contributed by atoms with Gasteiger partial charge in [-0.1, -0.05) is 96.8 Å². The van der Waals surface area contributed by atoms with Gasteiger partial charge in [0.15, 0.2) is 0 Å². The molecule has 0 aliphatic carbocycles. The molecule has 0 unspecified atom stereocenters. The summed E-state index contributed by atoms with van der Waals surface area (Å²) >= 11 is -5.38. The van der Waals surface area contributed by atoms with Gasteiger partial charge in [-0.15, -0.1) is 0 Å².